The van der Waals surface area contributed by atoms with Crippen LogP contribution >= 0.6 is 0 Å². The molecule has 1 aromatic rings. The van der Waals surface area contributed by atoms with E-state index >= 15 is 0 Å². The number of rotatable bonds is 4. The molecule has 1 aliphatic rings. The van der Waals surface area contributed by atoms with Gasteiger partial charge in [0.1, 0.15) is 5.75 Å². The van der Waals surface area contributed by atoms with E-state index in [2.05, 4.69) is 24.4 Å². The van der Waals surface area contributed by atoms with Crippen LogP contribution in [0, 0.1) is 20.8 Å². The maximum Gasteiger partial charge on any atom is 0.258 e. The van der Waals surface area contributed by atoms with Crippen molar-refractivity contribution in [2.45, 2.75) is 45.7 Å². The van der Waals surface area contributed by atoms with Crippen molar-refractivity contribution in [3.63, 3.8) is 0 Å². The molecule has 1 fully saturated rings. The molecule has 0 unspecified atom stereocenters. The summed E-state index contributed by atoms with van der Waals surface area (Å²) in [6, 6.07) is 4.59. The summed E-state index contributed by atoms with van der Waals surface area (Å²) in [5.74, 6) is 0.738. The molecule has 0 spiro atoms. The van der Waals surface area contributed by atoms with Gasteiger partial charge in [-0.25, -0.2) is 0 Å². The second-order valence-corrected chi connectivity index (χ2v) is 5.51. The molecule has 104 valence electrons. The Hall–Kier alpha value is -1.55. The zero-order valence-electron chi connectivity index (χ0n) is 11.8. The third kappa shape index (κ3) is 3.47. The van der Waals surface area contributed by atoms with Gasteiger partial charge in [-0.3, -0.25) is 4.79 Å². The molecule has 0 bridgehead atoms. The highest BCUT2D eigenvalue weighted by Crippen LogP contribution is 2.24. The predicted octanol–water partition coefficient (Wildman–Crippen LogP) is 1.60. The molecule has 0 atom stereocenters. The van der Waals surface area contributed by atoms with E-state index in [4.69, 9.17) is 10.5 Å². The number of benzene rings is 1. The molecule has 3 N–H and O–H groups in total. The molecule has 0 aromatic heterocycles. The van der Waals surface area contributed by atoms with Crippen molar-refractivity contribution in [3.8, 4) is 5.75 Å². The summed E-state index contributed by atoms with van der Waals surface area (Å²) in [5.41, 5.74) is 9.02. The maximum absolute atomic E-state index is 11.7. The summed E-state index contributed by atoms with van der Waals surface area (Å²) in [6.45, 7) is 6.11. The van der Waals surface area contributed by atoms with Crippen molar-refractivity contribution >= 4 is 5.91 Å². The third-order valence-corrected chi connectivity index (χ3v) is 3.49. The van der Waals surface area contributed by atoms with E-state index in [1.165, 1.54) is 5.56 Å². The summed E-state index contributed by atoms with van der Waals surface area (Å²) in [5, 5.41) is 2.92. The molecule has 0 saturated heterocycles. The van der Waals surface area contributed by atoms with Crippen LogP contribution in [0.15, 0.2) is 12.1 Å². The molecule has 0 heterocycles. The lowest BCUT2D eigenvalue weighted by Crippen LogP contribution is -2.51. The normalized spacial score (nSPS) is 21.7. The van der Waals surface area contributed by atoms with Crippen LogP contribution in [-0.2, 0) is 4.79 Å². The minimum absolute atomic E-state index is 0.0660. The van der Waals surface area contributed by atoms with Crippen molar-refractivity contribution in [1.29, 1.82) is 0 Å². The smallest absolute Gasteiger partial charge is 0.258 e. The number of hydrogen-bond donors (Lipinski definition) is 2. The van der Waals surface area contributed by atoms with E-state index < -0.39 is 0 Å². The first-order valence-corrected chi connectivity index (χ1v) is 6.71. The van der Waals surface area contributed by atoms with E-state index in [0.29, 0.717) is 0 Å². The van der Waals surface area contributed by atoms with Gasteiger partial charge in [0.2, 0.25) is 0 Å². The van der Waals surface area contributed by atoms with Gasteiger partial charge in [-0.15, -0.1) is 0 Å². The predicted molar refractivity (Wildman–Crippen MR) is 75.3 cm³/mol. The summed E-state index contributed by atoms with van der Waals surface area (Å²) in [7, 11) is 0. The summed E-state index contributed by atoms with van der Waals surface area (Å²) >= 11 is 0. The Labute approximate surface area is 114 Å². The Bertz CT molecular complexity index is 456. The zero-order chi connectivity index (χ0) is 14.0. The van der Waals surface area contributed by atoms with E-state index in [1.807, 2.05) is 13.8 Å². The van der Waals surface area contributed by atoms with Crippen LogP contribution in [0.5, 0.6) is 5.75 Å². The molecule has 1 saturated carbocycles. The monoisotopic (exact) mass is 262 g/mol. The van der Waals surface area contributed by atoms with Gasteiger partial charge in [0.05, 0.1) is 0 Å². The molecule has 0 aliphatic heterocycles. The highest BCUT2D eigenvalue weighted by molar-refractivity contribution is 5.78. The van der Waals surface area contributed by atoms with Crippen molar-refractivity contribution in [2.75, 3.05) is 6.61 Å². The Morgan fingerprint density at radius 1 is 1.32 bits per heavy atom. The number of nitrogens with two attached hydrogens (primary N) is 1. The van der Waals surface area contributed by atoms with Crippen LogP contribution < -0.4 is 15.8 Å². The largest absolute Gasteiger partial charge is 0.483 e. The molecule has 1 aliphatic carbocycles. The van der Waals surface area contributed by atoms with Gasteiger partial charge in [-0.2, -0.15) is 0 Å². The number of carbonyl (C=O) groups is 1. The number of nitrogens with one attached hydrogen (secondary N) is 1. The maximum atomic E-state index is 11.7. The quantitative estimate of drug-likeness (QED) is 0.866. The van der Waals surface area contributed by atoms with E-state index in [-0.39, 0.29) is 24.6 Å². The van der Waals surface area contributed by atoms with Crippen molar-refractivity contribution in [3.05, 3.63) is 28.8 Å². The van der Waals surface area contributed by atoms with Crippen molar-refractivity contribution in [1.82, 2.24) is 5.32 Å². The van der Waals surface area contributed by atoms with Gasteiger partial charge in [0, 0.05) is 12.1 Å². The number of carbonyl (C=O) groups excluding carboxylic acids is 1. The van der Waals surface area contributed by atoms with E-state index in [9.17, 15) is 4.79 Å². The fraction of sp³-hybridized carbons (Fsp3) is 0.533. The highest BCUT2D eigenvalue weighted by atomic mass is 16.5. The van der Waals surface area contributed by atoms with E-state index in [0.717, 1.165) is 29.7 Å². The van der Waals surface area contributed by atoms with Gasteiger partial charge in [-0.1, -0.05) is 17.7 Å². The molecule has 1 amide bonds. The first-order valence-electron chi connectivity index (χ1n) is 6.71. The summed E-state index contributed by atoms with van der Waals surface area (Å²) in [4.78, 5) is 11.7. The second-order valence-electron chi connectivity index (χ2n) is 5.51. The molecule has 4 heteroatoms. The Kier molecular flexibility index (Phi) is 4.10. The van der Waals surface area contributed by atoms with Gasteiger partial charge in [-0.05, 0) is 44.7 Å². The van der Waals surface area contributed by atoms with E-state index in [1.54, 1.807) is 0 Å². The van der Waals surface area contributed by atoms with Crippen LogP contribution in [0.1, 0.15) is 29.5 Å². The molecule has 2 rings (SSSR count). The SMILES string of the molecule is Cc1cc(C)c(OCC(=O)NC2CC(N)C2)c(C)c1. The lowest BCUT2D eigenvalue weighted by molar-refractivity contribution is -0.124. The van der Waals surface area contributed by atoms with Crippen molar-refractivity contribution < 1.29 is 9.53 Å². The standard InChI is InChI=1S/C15H22N2O2/c1-9-4-10(2)15(11(3)5-9)19-8-14(18)17-13-6-12(16)7-13/h4-5,12-13H,6-8,16H2,1-3H3,(H,17,18). The number of amides is 1. The fourth-order valence-corrected chi connectivity index (χ4v) is 2.58. The average Bonchev–Trinajstić information content (AvgIpc) is 2.25. The Morgan fingerprint density at radius 2 is 1.89 bits per heavy atom. The average molecular weight is 262 g/mol. The summed E-state index contributed by atoms with van der Waals surface area (Å²) in [6.07, 6.45) is 1.74. The Balaban J connectivity index is 1.86. The molecular weight excluding hydrogens is 240 g/mol. The highest BCUT2D eigenvalue weighted by Gasteiger charge is 2.27. The number of hydrogen-bond acceptors (Lipinski definition) is 3. The molecule has 4 nitrogen and oxygen atoms in total. The van der Waals surface area contributed by atoms with Crippen LogP contribution in [0.4, 0.5) is 0 Å². The summed E-state index contributed by atoms with van der Waals surface area (Å²) < 4.78 is 5.64. The molecule has 19 heavy (non-hydrogen) atoms. The topological polar surface area (TPSA) is 64.3 Å². The third-order valence-electron chi connectivity index (χ3n) is 3.49. The first kappa shape index (κ1) is 13.9. The molecule has 1 aromatic carbocycles. The molecular formula is C15H22N2O2. The number of ether oxygens (including phenoxy) is 1. The van der Waals surface area contributed by atoms with Crippen molar-refractivity contribution in [2.24, 2.45) is 5.73 Å². The first-order chi connectivity index (χ1) is 8.95. The van der Waals surface area contributed by atoms with Crippen LogP contribution in [0.2, 0.25) is 0 Å². The van der Waals surface area contributed by atoms with Gasteiger partial charge >= 0.3 is 0 Å². The van der Waals surface area contributed by atoms with Gasteiger partial charge < -0.3 is 15.8 Å². The van der Waals surface area contributed by atoms with Crippen LogP contribution in [0.3, 0.4) is 0 Å². The van der Waals surface area contributed by atoms with Gasteiger partial charge in [0.15, 0.2) is 6.61 Å². The lowest BCUT2D eigenvalue weighted by atomic mass is 9.88. The minimum Gasteiger partial charge on any atom is -0.483 e. The van der Waals surface area contributed by atoms with Crippen LogP contribution in [0.25, 0.3) is 0 Å². The minimum atomic E-state index is -0.0729. The van der Waals surface area contributed by atoms with Gasteiger partial charge in [0.25, 0.3) is 5.91 Å². The Morgan fingerprint density at radius 3 is 2.42 bits per heavy atom. The molecule has 0 radical (unpaired) electrons. The number of aryl methyl sites for hydroxylation is 3. The second kappa shape index (κ2) is 5.61. The fourth-order valence-electron chi connectivity index (χ4n) is 2.58. The van der Waals surface area contributed by atoms with Crippen LogP contribution in [-0.4, -0.2) is 24.6 Å². The lowest BCUT2D eigenvalue weighted by Gasteiger charge is -2.32. The zero-order valence-corrected chi connectivity index (χ0v) is 11.8.